The molecule has 0 spiro atoms. The zero-order valence-electron chi connectivity index (χ0n) is 25.1. The minimum atomic E-state index is -3.89. The van der Waals surface area contributed by atoms with Crippen molar-refractivity contribution in [2.75, 3.05) is 6.79 Å². The third-order valence-electron chi connectivity index (χ3n) is 9.32. The van der Waals surface area contributed by atoms with Crippen molar-refractivity contribution in [1.82, 2.24) is 4.72 Å². The third kappa shape index (κ3) is 5.06. The molecule has 8 nitrogen and oxygen atoms in total. The van der Waals surface area contributed by atoms with Crippen LogP contribution in [0.1, 0.15) is 57.2 Å². The maximum absolute atomic E-state index is 13.9. The summed E-state index contributed by atoms with van der Waals surface area (Å²) in [4.78, 5) is 0.214. The molecule has 2 aromatic carbocycles. The summed E-state index contributed by atoms with van der Waals surface area (Å²) >= 11 is 0. The van der Waals surface area contributed by atoms with Crippen molar-refractivity contribution in [2.45, 2.75) is 101 Å². The maximum atomic E-state index is 13.9. The highest BCUT2D eigenvalue weighted by atomic mass is 32.2. The SMILES string of the molecule is Cc1ccc(S(=O)(=O)N[C@H]2[C@@H]3OC(C)(C)O[C@@H]3[C@@H](O[Si](C)(C)C(C)(C)C)[C@@H]3C=Cc4cc5c(cc4[C@@H]32)OCO5)cc1. The summed E-state index contributed by atoms with van der Waals surface area (Å²) in [6.45, 7) is 17.0. The summed E-state index contributed by atoms with van der Waals surface area (Å²) in [6.07, 6.45) is 2.87. The molecule has 2 aliphatic carbocycles. The monoisotopic (exact) mass is 599 g/mol. The zero-order valence-corrected chi connectivity index (χ0v) is 26.9. The summed E-state index contributed by atoms with van der Waals surface area (Å²) in [5.74, 6) is -0.0223. The zero-order chi connectivity index (χ0) is 29.5. The van der Waals surface area contributed by atoms with Gasteiger partial charge in [0, 0.05) is 11.8 Å². The number of rotatable bonds is 5. The minimum absolute atomic E-state index is 0.0286. The fourth-order valence-corrected chi connectivity index (χ4v) is 8.83. The second-order valence-corrected chi connectivity index (χ2v) is 20.1. The number of hydrogen-bond donors (Lipinski definition) is 1. The molecule has 222 valence electrons. The van der Waals surface area contributed by atoms with Crippen LogP contribution in [0.15, 0.2) is 47.4 Å². The summed E-state index contributed by atoms with van der Waals surface area (Å²) in [5.41, 5.74) is 2.94. The van der Waals surface area contributed by atoms with Gasteiger partial charge in [0.25, 0.3) is 0 Å². The van der Waals surface area contributed by atoms with E-state index in [1.807, 2.05) is 45.0 Å². The van der Waals surface area contributed by atoms with Gasteiger partial charge in [0.05, 0.1) is 17.0 Å². The summed E-state index contributed by atoms with van der Waals surface area (Å²) in [5, 5.41) is -0.0286. The van der Waals surface area contributed by atoms with E-state index in [2.05, 4.69) is 50.7 Å². The number of nitrogens with one attached hydrogen (secondary N) is 1. The van der Waals surface area contributed by atoms with Crippen LogP contribution in [0.3, 0.4) is 0 Å². The first-order valence-corrected chi connectivity index (χ1v) is 18.7. The molecule has 2 heterocycles. The second-order valence-electron chi connectivity index (χ2n) is 13.7. The molecule has 0 amide bonds. The van der Waals surface area contributed by atoms with E-state index < -0.39 is 42.4 Å². The molecule has 2 fully saturated rings. The van der Waals surface area contributed by atoms with Crippen LogP contribution >= 0.6 is 0 Å². The van der Waals surface area contributed by atoms with E-state index in [1.165, 1.54) is 0 Å². The van der Waals surface area contributed by atoms with Gasteiger partial charge in [-0.25, -0.2) is 13.1 Å². The Morgan fingerprint density at radius 2 is 1.63 bits per heavy atom. The Labute approximate surface area is 244 Å². The lowest BCUT2D eigenvalue weighted by Crippen LogP contribution is -2.64. The van der Waals surface area contributed by atoms with Crippen LogP contribution in [-0.4, -0.2) is 53.7 Å². The molecule has 0 unspecified atom stereocenters. The van der Waals surface area contributed by atoms with Gasteiger partial charge >= 0.3 is 0 Å². The van der Waals surface area contributed by atoms with Crippen molar-refractivity contribution in [2.24, 2.45) is 5.92 Å². The molecule has 41 heavy (non-hydrogen) atoms. The van der Waals surface area contributed by atoms with Crippen LogP contribution < -0.4 is 14.2 Å². The molecule has 0 bridgehead atoms. The van der Waals surface area contributed by atoms with Gasteiger partial charge in [0.2, 0.25) is 16.8 Å². The molecule has 2 aromatic rings. The van der Waals surface area contributed by atoms with E-state index >= 15 is 0 Å². The van der Waals surface area contributed by atoms with Crippen LogP contribution in [0.2, 0.25) is 18.1 Å². The van der Waals surface area contributed by atoms with Crippen LogP contribution in [0.5, 0.6) is 11.5 Å². The number of aryl methyl sites for hydroxylation is 1. The number of fused-ring (bicyclic) bond motifs is 5. The largest absolute Gasteiger partial charge is 0.454 e. The third-order valence-corrected chi connectivity index (χ3v) is 15.3. The number of ether oxygens (including phenoxy) is 4. The van der Waals surface area contributed by atoms with E-state index in [9.17, 15) is 8.42 Å². The van der Waals surface area contributed by atoms with Gasteiger partial charge in [-0.1, -0.05) is 50.6 Å². The Hall–Kier alpha value is -2.21. The quantitative estimate of drug-likeness (QED) is 0.440. The van der Waals surface area contributed by atoms with Crippen molar-refractivity contribution in [3.05, 3.63) is 59.2 Å². The molecular formula is C31H41NO7SSi. The molecule has 1 saturated carbocycles. The number of sulfonamides is 1. The average molecular weight is 600 g/mol. The highest BCUT2D eigenvalue weighted by molar-refractivity contribution is 7.89. The van der Waals surface area contributed by atoms with Gasteiger partial charge in [-0.15, -0.1) is 0 Å². The number of hydrogen-bond acceptors (Lipinski definition) is 7. The second kappa shape index (κ2) is 9.65. The first kappa shape index (κ1) is 28.9. The lowest BCUT2D eigenvalue weighted by atomic mass is 9.65. The Bertz CT molecular complexity index is 1480. The highest BCUT2D eigenvalue weighted by Gasteiger charge is 2.61. The topological polar surface area (TPSA) is 92.3 Å². The van der Waals surface area contributed by atoms with Gasteiger partial charge < -0.3 is 23.4 Å². The molecule has 6 atom stereocenters. The fraction of sp³-hybridized carbons (Fsp3) is 0.548. The Morgan fingerprint density at radius 1 is 1.00 bits per heavy atom. The first-order chi connectivity index (χ1) is 19.1. The highest BCUT2D eigenvalue weighted by Crippen LogP contribution is 2.54. The van der Waals surface area contributed by atoms with Crippen LogP contribution in [0.4, 0.5) is 0 Å². The number of benzene rings is 2. The molecule has 6 rings (SSSR count). The van der Waals surface area contributed by atoms with Crippen LogP contribution in [-0.2, 0) is 23.9 Å². The normalized spacial score (nSPS) is 30.0. The molecule has 1 N–H and O–H groups in total. The van der Waals surface area contributed by atoms with E-state index in [0.29, 0.717) is 11.5 Å². The molecular weight excluding hydrogens is 558 g/mol. The van der Waals surface area contributed by atoms with Crippen molar-refractivity contribution in [3.8, 4) is 11.5 Å². The minimum Gasteiger partial charge on any atom is -0.454 e. The smallest absolute Gasteiger partial charge is 0.240 e. The average Bonchev–Trinajstić information content (AvgIpc) is 3.46. The van der Waals surface area contributed by atoms with Gasteiger partial charge in [0.15, 0.2) is 25.6 Å². The molecule has 1 saturated heterocycles. The van der Waals surface area contributed by atoms with E-state index in [1.54, 1.807) is 12.1 Å². The Kier molecular flexibility index (Phi) is 6.80. The van der Waals surface area contributed by atoms with Crippen molar-refractivity contribution < 1.29 is 31.8 Å². The summed E-state index contributed by atoms with van der Waals surface area (Å²) in [7, 11) is -6.15. The molecule has 4 aliphatic rings. The molecule has 10 heteroatoms. The Morgan fingerprint density at radius 3 is 2.29 bits per heavy atom. The van der Waals surface area contributed by atoms with E-state index in [4.69, 9.17) is 23.4 Å². The predicted octanol–water partition coefficient (Wildman–Crippen LogP) is 5.72. The van der Waals surface area contributed by atoms with Gasteiger partial charge in [-0.05, 0) is 74.3 Å². The summed E-state index contributed by atoms with van der Waals surface area (Å²) in [6, 6.07) is 10.2. The maximum Gasteiger partial charge on any atom is 0.240 e. The Balaban J connectivity index is 1.49. The van der Waals surface area contributed by atoms with E-state index in [-0.39, 0.29) is 34.7 Å². The van der Waals surface area contributed by atoms with E-state index in [0.717, 1.165) is 16.7 Å². The summed E-state index contributed by atoms with van der Waals surface area (Å²) < 4.78 is 62.6. The predicted molar refractivity (Wildman–Crippen MR) is 159 cm³/mol. The van der Waals surface area contributed by atoms with Gasteiger partial charge in [0.1, 0.15) is 12.2 Å². The molecule has 0 aromatic heterocycles. The molecule has 2 aliphatic heterocycles. The van der Waals surface area contributed by atoms with Crippen molar-refractivity contribution in [3.63, 3.8) is 0 Å². The first-order valence-electron chi connectivity index (χ1n) is 14.3. The van der Waals surface area contributed by atoms with Gasteiger partial charge in [-0.2, -0.15) is 0 Å². The van der Waals surface area contributed by atoms with Crippen molar-refractivity contribution in [1.29, 1.82) is 0 Å². The fourth-order valence-electron chi connectivity index (χ4n) is 6.23. The van der Waals surface area contributed by atoms with Crippen molar-refractivity contribution >= 4 is 24.4 Å². The molecule has 0 radical (unpaired) electrons. The standard InChI is InChI=1S/C31H41NO7SSi/c1-18-9-12-20(13-10-18)40(33,34)32-26-25-21(14-11-19-15-23-24(16-22(19)25)36-17-35-23)27(39-41(7,8)30(2,3)4)29-28(26)37-31(5,6)38-29/h9-16,21,25-29,32H,17H2,1-8H3/t21-,25-,26-,27+,28+,29-/m1/s1. The van der Waals surface area contributed by atoms with Gasteiger partial charge in [-0.3, -0.25) is 0 Å². The van der Waals surface area contributed by atoms with Crippen LogP contribution in [0, 0.1) is 12.8 Å². The lowest BCUT2D eigenvalue weighted by molar-refractivity contribution is -0.154. The lowest BCUT2D eigenvalue weighted by Gasteiger charge is -2.51. The van der Waals surface area contributed by atoms with Crippen LogP contribution in [0.25, 0.3) is 6.08 Å².